The molecule has 0 bridgehead atoms. The number of halogens is 2. The third-order valence-corrected chi connectivity index (χ3v) is 5.24. The predicted molar refractivity (Wildman–Crippen MR) is 129 cm³/mol. The number of hydrogen-bond acceptors (Lipinski definition) is 7. The van der Waals surface area contributed by atoms with Gasteiger partial charge in [0.2, 0.25) is 0 Å². The second kappa shape index (κ2) is 10.6. The first-order chi connectivity index (χ1) is 16.0. The summed E-state index contributed by atoms with van der Waals surface area (Å²) < 4.78 is 19.1. The van der Waals surface area contributed by atoms with Gasteiger partial charge in [-0.25, -0.2) is 9.48 Å². The lowest BCUT2D eigenvalue weighted by Gasteiger charge is -2.25. The molecule has 34 heavy (non-hydrogen) atoms. The van der Waals surface area contributed by atoms with E-state index in [2.05, 4.69) is 10.3 Å². The Bertz CT molecular complexity index is 1230. The largest absolute Gasteiger partial charge is 0.495 e. The summed E-state index contributed by atoms with van der Waals surface area (Å²) >= 11 is 12.2. The van der Waals surface area contributed by atoms with E-state index in [1.165, 1.54) is 41.9 Å². The van der Waals surface area contributed by atoms with E-state index in [0.29, 0.717) is 27.6 Å². The zero-order valence-electron chi connectivity index (χ0n) is 19.5. The van der Waals surface area contributed by atoms with Crippen LogP contribution >= 0.6 is 23.2 Å². The highest BCUT2D eigenvalue weighted by atomic mass is 35.5. The van der Waals surface area contributed by atoms with Crippen LogP contribution in [-0.4, -0.2) is 52.0 Å². The van der Waals surface area contributed by atoms with Crippen molar-refractivity contribution in [2.45, 2.75) is 38.8 Å². The molecular weight excluding hydrogens is 483 g/mol. The molecule has 1 aromatic carbocycles. The van der Waals surface area contributed by atoms with E-state index < -0.39 is 23.2 Å². The molecule has 1 atom stereocenters. The fourth-order valence-electron chi connectivity index (χ4n) is 3.40. The van der Waals surface area contributed by atoms with Gasteiger partial charge in [-0.3, -0.25) is 9.36 Å². The molecule has 0 aliphatic carbocycles. The molecule has 2 heterocycles. The zero-order chi connectivity index (χ0) is 25.0. The number of benzene rings is 1. The van der Waals surface area contributed by atoms with E-state index >= 15 is 0 Å². The Labute approximate surface area is 207 Å². The van der Waals surface area contributed by atoms with Gasteiger partial charge in [0, 0.05) is 42.4 Å². The van der Waals surface area contributed by atoms with Gasteiger partial charge in [-0.15, -0.1) is 5.10 Å². The van der Waals surface area contributed by atoms with Crippen molar-refractivity contribution in [3.8, 4) is 22.6 Å². The maximum atomic E-state index is 13.3. The number of carbonyl (C=O) groups excluding carboxylic acids is 1. The molecule has 0 saturated carbocycles. The summed E-state index contributed by atoms with van der Waals surface area (Å²) in [5, 5.41) is 8.48. The first-order valence-corrected chi connectivity index (χ1v) is 11.2. The number of hydrogen-bond donors (Lipinski definition) is 0. The minimum Gasteiger partial charge on any atom is -0.495 e. The van der Waals surface area contributed by atoms with Crippen molar-refractivity contribution >= 4 is 29.2 Å². The fraction of sp³-hybridized carbons (Fsp3) is 0.391. The number of rotatable bonds is 8. The third-order valence-electron chi connectivity index (χ3n) is 4.84. The van der Waals surface area contributed by atoms with Crippen LogP contribution in [0.4, 0.5) is 0 Å². The standard InChI is InChI=1S/C23H26Cl2N4O5/c1-23(2,3)34-22(31)18(8-9-32-4)28-12-19(33-5)16(11-21(28)30)15-10-14(24)6-7-17(15)29-13-20(25)26-27-29/h6-7,10-13,18H,8-9H2,1-5H3. The summed E-state index contributed by atoms with van der Waals surface area (Å²) in [5.41, 5.74) is 0.473. The maximum Gasteiger partial charge on any atom is 0.329 e. The number of aromatic nitrogens is 4. The highest BCUT2D eigenvalue weighted by Gasteiger charge is 2.28. The summed E-state index contributed by atoms with van der Waals surface area (Å²) in [5.74, 6) is -0.192. The molecule has 3 aromatic rings. The van der Waals surface area contributed by atoms with Crippen LogP contribution in [0.2, 0.25) is 10.2 Å². The van der Waals surface area contributed by atoms with Gasteiger partial charge in [0.25, 0.3) is 5.56 Å². The van der Waals surface area contributed by atoms with Crippen molar-refractivity contribution in [3.05, 3.63) is 57.2 Å². The van der Waals surface area contributed by atoms with Gasteiger partial charge in [0.05, 0.1) is 25.2 Å². The van der Waals surface area contributed by atoms with E-state index in [-0.39, 0.29) is 18.2 Å². The molecule has 0 radical (unpaired) electrons. The number of nitrogens with zero attached hydrogens (tertiary/aromatic N) is 4. The fourth-order valence-corrected chi connectivity index (χ4v) is 3.70. The number of pyridine rings is 1. The summed E-state index contributed by atoms with van der Waals surface area (Å²) in [4.78, 5) is 26.2. The van der Waals surface area contributed by atoms with Crippen LogP contribution in [0.3, 0.4) is 0 Å². The molecule has 0 saturated heterocycles. The van der Waals surface area contributed by atoms with E-state index in [0.717, 1.165) is 0 Å². The summed E-state index contributed by atoms with van der Waals surface area (Å²) in [6.45, 7) is 5.55. The van der Waals surface area contributed by atoms with Crippen molar-refractivity contribution in [2.75, 3.05) is 20.8 Å². The van der Waals surface area contributed by atoms with E-state index in [4.69, 9.17) is 37.4 Å². The van der Waals surface area contributed by atoms with Gasteiger partial charge in [-0.2, -0.15) is 0 Å². The first kappa shape index (κ1) is 25.7. The molecular formula is C23H26Cl2N4O5. The van der Waals surface area contributed by atoms with Gasteiger partial charge < -0.3 is 14.2 Å². The number of methoxy groups -OCH3 is 2. The zero-order valence-corrected chi connectivity index (χ0v) is 21.1. The summed E-state index contributed by atoms with van der Waals surface area (Å²) in [6, 6.07) is 5.59. The highest BCUT2D eigenvalue weighted by Crippen LogP contribution is 2.35. The molecule has 9 nitrogen and oxygen atoms in total. The lowest BCUT2D eigenvalue weighted by atomic mass is 10.0. The van der Waals surface area contributed by atoms with Crippen LogP contribution in [0.5, 0.6) is 5.75 Å². The average molecular weight is 509 g/mol. The Morgan fingerprint density at radius 2 is 1.85 bits per heavy atom. The molecule has 3 rings (SSSR count). The Morgan fingerprint density at radius 3 is 2.44 bits per heavy atom. The molecule has 0 N–H and O–H groups in total. The van der Waals surface area contributed by atoms with Crippen molar-refractivity contribution in [3.63, 3.8) is 0 Å². The van der Waals surface area contributed by atoms with E-state index in [1.807, 2.05) is 0 Å². The van der Waals surface area contributed by atoms with Crippen LogP contribution in [0, 0.1) is 0 Å². The van der Waals surface area contributed by atoms with E-state index in [1.54, 1.807) is 39.0 Å². The normalized spacial score (nSPS) is 12.4. The molecule has 182 valence electrons. The van der Waals surface area contributed by atoms with Crippen molar-refractivity contribution < 1.29 is 19.0 Å². The predicted octanol–water partition coefficient (Wildman–Crippen LogP) is 4.33. The average Bonchev–Trinajstić information content (AvgIpc) is 3.19. The molecule has 11 heteroatoms. The number of esters is 1. The maximum absolute atomic E-state index is 13.3. The lowest BCUT2D eigenvalue weighted by Crippen LogP contribution is -2.35. The minimum atomic E-state index is -0.900. The molecule has 0 amide bonds. The smallest absolute Gasteiger partial charge is 0.329 e. The van der Waals surface area contributed by atoms with Gasteiger partial charge in [-0.1, -0.05) is 28.4 Å². The van der Waals surface area contributed by atoms with Crippen LogP contribution in [0.25, 0.3) is 16.8 Å². The van der Waals surface area contributed by atoms with Crippen LogP contribution in [-0.2, 0) is 14.3 Å². The topological polar surface area (TPSA) is 97.5 Å². The summed E-state index contributed by atoms with van der Waals surface area (Å²) in [7, 11) is 3.00. The highest BCUT2D eigenvalue weighted by molar-refractivity contribution is 6.31. The van der Waals surface area contributed by atoms with Crippen LogP contribution < -0.4 is 10.3 Å². The van der Waals surface area contributed by atoms with Gasteiger partial charge >= 0.3 is 5.97 Å². The second-order valence-corrected chi connectivity index (χ2v) is 9.30. The Hall–Kier alpha value is -2.88. The Balaban J connectivity index is 2.15. The van der Waals surface area contributed by atoms with Crippen molar-refractivity contribution in [1.82, 2.24) is 19.6 Å². The molecule has 0 aliphatic rings. The van der Waals surface area contributed by atoms with Crippen molar-refractivity contribution in [2.24, 2.45) is 0 Å². The number of carbonyl (C=O) groups is 1. The van der Waals surface area contributed by atoms with Gasteiger partial charge in [0.1, 0.15) is 17.4 Å². The summed E-state index contributed by atoms with van der Waals surface area (Å²) in [6.07, 6.45) is 3.26. The quantitative estimate of drug-likeness (QED) is 0.417. The molecule has 1 unspecified atom stereocenters. The Kier molecular flexibility index (Phi) is 8.01. The first-order valence-electron chi connectivity index (χ1n) is 10.4. The molecule has 0 fully saturated rings. The molecule has 2 aromatic heterocycles. The van der Waals surface area contributed by atoms with Crippen molar-refractivity contribution in [1.29, 1.82) is 0 Å². The second-order valence-electron chi connectivity index (χ2n) is 8.48. The SMILES string of the molecule is COCCC(C(=O)OC(C)(C)C)n1cc(OC)c(-c2cc(Cl)ccc2-n2cc(Cl)nn2)cc1=O. The van der Waals surface area contributed by atoms with E-state index in [9.17, 15) is 9.59 Å². The molecule has 0 aliphatic heterocycles. The monoisotopic (exact) mass is 508 g/mol. The van der Waals surface area contributed by atoms with Crippen LogP contribution in [0.15, 0.2) is 41.5 Å². The molecule has 0 spiro atoms. The Morgan fingerprint density at radius 1 is 1.12 bits per heavy atom. The van der Waals surface area contributed by atoms with Crippen LogP contribution in [0.1, 0.15) is 33.2 Å². The lowest BCUT2D eigenvalue weighted by molar-refractivity contribution is -0.159. The van der Waals surface area contributed by atoms with Gasteiger partial charge in [0.15, 0.2) is 5.15 Å². The third kappa shape index (κ3) is 5.97. The number of ether oxygens (including phenoxy) is 3. The van der Waals surface area contributed by atoms with Gasteiger partial charge in [-0.05, 0) is 39.0 Å². The minimum absolute atomic E-state index is 0.210.